The van der Waals surface area contributed by atoms with Crippen molar-refractivity contribution in [3.8, 4) is 17.6 Å². The van der Waals surface area contributed by atoms with Crippen LogP contribution in [-0.4, -0.2) is 17.4 Å². The number of rotatable bonds is 2. The first kappa shape index (κ1) is 24.5. The molecule has 9 heteroatoms. The second kappa shape index (κ2) is 8.08. The van der Waals surface area contributed by atoms with Crippen LogP contribution < -0.4 is 25.7 Å². The Labute approximate surface area is 224 Å². The highest BCUT2D eigenvalue weighted by molar-refractivity contribution is 6.16. The van der Waals surface area contributed by atoms with Crippen LogP contribution >= 0.6 is 0 Å². The molecule has 3 aromatic rings. The number of fused-ring (bicyclic) bond motifs is 3. The predicted octanol–water partition coefficient (Wildman–Crippen LogP) is 4.17. The van der Waals surface area contributed by atoms with Gasteiger partial charge in [0.15, 0.2) is 5.41 Å². The SMILES string of the molecule is Cc1cc2c(c(=O)o1)[C@@]1(C(=O)N3c4c(cc(OC(=O)c5ccccc5)cc41)[C@H](C)CC3(C)C)C(C#N)=C(N)O2. The van der Waals surface area contributed by atoms with Crippen LogP contribution in [0.1, 0.15) is 65.9 Å². The fraction of sp³-hybridized carbons (Fsp3) is 0.267. The highest BCUT2D eigenvalue weighted by Gasteiger charge is 2.64. The fourth-order valence-electron chi connectivity index (χ4n) is 6.36. The van der Waals surface area contributed by atoms with Gasteiger partial charge in [-0.2, -0.15) is 5.26 Å². The number of ether oxygens (including phenoxy) is 2. The molecule has 0 aliphatic carbocycles. The van der Waals surface area contributed by atoms with Crippen molar-refractivity contribution in [3.63, 3.8) is 0 Å². The number of hydrogen-bond donors (Lipinski definition) is 1. The molecule has 9 nitrogen and oxygen atoms in total. The highest BCUT2D eigenvalue weighted by Crippen LogP contribution is 2.61. The average molecular weight is 524 g/mol. The molecule has 0 radical (unpaired) electrons. The Morgan fingerprint density at radius 1 is 1.18 bits per heavy atom. The molecule has 0 unspecified atom stereocenters. The van der Waals surface area contributed by atoms with E-state index >= 15 is 0 Å². The molecular formula is C30H25N3O6. The van der Waals surface area contributed by atoms with Crippen molar-refractivity contribution in [2.45, 2.75) is 51.0 Å². The summed E-state index contributed by atoms with van der Waals surface area (Å²) in [5.41, 5.74) is 4.48. The highest BCUT2D eigenvalue weighted by atomic mass is 16.5. The number of aryl methyl sites for hydroxylation is 1. The molecular weight excluding hydrogens is 498 g/mol. The Hall–Kier alpha value is -4.84. The van der Waals surface area contributed by atoms with E-state index < -0.39 is 28.5 Å². The molecule has 1 spiro atoms. The minimum Gasteiger partial charge on any atom is -0.440 e. The van der Waals surface area contributed by atoms with Crippen LogP contribution in [0.3, 0.4) is 0 Å². The van der Waals surface area contributed by atoms with E-state index in [0.29, 0.717) is 23.2 Å². The van der Waals surface area contributed by atoms with Crippen molar-refractivity contribution in [1.82, 2.24) is 0 Å². The molecule has 0 bridgehead atoms. The number of esters is 1. The summed E-state index contributed by atoms with van der Waals surface area (Å²) in [5.74, 6) is -0.937. The van der Waals surface area contributed by atoms with Crippen molar-refractivity contribution in [1.29, 1.82) is 5.26 Å². The van der Waals surface area contributed by atoms with E-state index in [-0.39, 0.29) is 40.2 Å². The van der Waals surface area contributed by atoms with Gasteiger partial charge in [0.25, 0.3) is 0 Å². The van der Waals surface area contributed by atoms with E-state index in [1.54, 1.807) is 54.3 Å². The second-order valence-corrected chi connectivity index (χ2v) is 10.8. The number of benzene rings is 2. The molecule has 0 saturated carbocycles. The zero-order chi connectivity index (χ0) is 27.9. The Bertz CT molecular complexity index is 1730. The smallest absolute Gasteiger partial charge is 0.344 e. The van der Waals surface area contributed by atoms with E-state index in [9.17, 15) is 19.6 Å². The minimum atomic E-state index is -1.94. The van der Waals surface area contributed by atoms with Gasteiger partial charge in [-0.25, -0.2) is 9.59 Å². The van der Waals surface area contributed by atoms with Gasteiger partial charge in [0.2, 0.25) is 11.8 Å². The Balaban J connectivity index is 1.70. The zero-order valence-corrected chi connectivity index (χ0v) is 21.8. The van der Waals surface area contributed by atoms with E-state index in [1.165, 1.54) is 6.07 Å². The van der Waals surface area contributed by atoms with Gasteiger partial charge in [-0.15, -0.1) is 0 Å². The van der Waals surface area contributed by atoms with Crippen LogP contribution in [0.15, 0.2) is 69.2 Å². The quantitative estimate of drug-likeness (QED) is 0.390. The van der Waals surface area contributed by atoms with Gasteiger partial charge in [-0.05, 0) is 62.9 Å². The minimum absolute atomic E-state index is 0.0380. The van der Waals surface area contributed by atoms with Gasteiger partial charge in [0.1, 0.15) is 34.5 Å². The van der Waals surface area contributed by atoms with Gasteiger partial charge in [-0.3, -0.25) is 4.79 Å². The lowest BCUT2D eigenvalue weighted by atomic mass is 9.69. The maximum absolute atomic E-state index is 14.7. The Morgan fingerprint density at radius 2 is 1.90 bits per heavy atom. The first-order valence-electron chi connectivity index (χ1n) is 12.5. The van der Waals surface area contributed by atoms with Crippen LogP contribution in [0.4, 0.5) is 5.69 Å². The molecule has 2 atom stereocenters. The molecule has 196 valence electrons. The number of nitrogens with zero attached hydrogens (tertiary/aromatic N) is 2. The monoisotopic (exact) mass is 523 g/mol. The molecule has 0 fully saturated rings. The molecule has 2 N–H and O–H groups in total. The molecule has 0 saturated heterocycles. The summed E-state index contributed by atoms with van der Waals surface area (Å²) >= 11 is 0. The fourth-order valence-corrected chi connectivity index (χ4v) is 6.36. The molecule has 3 aliphatic heterocycles. The largest absolute Gasteiger partial charge is 0.440 e. The topological polar surface area (TPSA) is 136 Å². The lowest BCUT2D eigenvalue weighted by Gasteiger charge is -2.44. The Morgan fingerprint density at radius 3 is 2.59 bits per heavy atom. The summed E-state index contributed by atoms with van der Waals surface area (Å²) < 4.78 is 16.9. The number of carbonyl (C=O) groups excluding carboxylic acids is 2. The summed E-state index contributed by atoms with van der Waals surface area (Å²) in [5, 5.41) is 10.3. The predicted molar refractivity (Wildman–Crippen MR) is 140 cm³/mol. The van der Waals surface area contributed by atoms with Gasteiger partial charge < -0.3 is 24.5 Å². The van der Waals surface area contributed by atoms with Gasteiger partial charge in [0, 0.05) is 17.2 Å². The molecule has 1 aromatic heterocycles. The summed E-state index contributed by atoms with van der Waals surface area (Å²) in [4.78, 5) is 42.8. The Kier molecular flexibility index (Phi) is 5.07. The molecule has 39 heavy (non-hydrogen) atoms. The molecule has 6 rings (SSSR count). The third kappa shape index (κ3) is 3.21. The van der Waals surface area contributed by atoms with Crippen LogP contribution in [0, 0.1) is 18.3 Å². The number of carbonyl (C=O) groups is 2. The third-order valence-electron chi connectivity index (χ3n) is 7.79. The third-order valence-corrected chi connectivity index (χ3v) is 7.79. The number of amides is 1. The van der Waals surface area contributed by atoms with Crippen molar-refractivity contribution < 1.29 is 23.5 Å². The first-order valence-corrected chi connectivity index (χ1v) is 12.5. The van der Waals surface area contributed by atoms with Crippen LogP contribution in [0.5, 0.6) is 11.5 Å². The number of hydrogen-bond acceptors (Lipinski definition) is 8. The van der Waals surface area contributed by atoms with E-state index in [0.717, 1.165) is 5.56 Å². The van der Waals surface area contributed by atoms with Crippen LogP contribution in [-0.2, 0) is 10.2 Å². The number of nitriles is 1. The molecule has 4 heterocycles. The normalized spacial score (nSPS) is 22.2. The van der Waals surface area contributed by atoms with Crippen molar-refractivity contribution >= 4 is 17.6 Å². The zero-order valence-electron chi connectivity index (χ0n) is 21.8. The lowest BCUT2D eigenvalue weighted by Crippen LogP contribution is -2.55. The maximum Gasteiger partial charge on any atom is 0.344 e. The first-order chi connectivity index (χ1) is 18.5. The van der Waals surface area contributed by atoms with Crippen molar-refractivity contribution in [2.24, 2.45) is 5.73 Å². The molecule has 2 aromatic carbocycles. The van der Waals surface area contributed by atoms with Crippen molar-refractivity contribution in [2.75, 3.05) is 4.90 Å². The van der Waals surface area contributed by atoms with Crippen molar-refractivity contribution in [3.05, 3.63) is 98.4 Å². The number of anilines is 1. The van der Waals surface area contributed by atoms with Gasteiger partial charge in [0.05, 0.1) is 11.3 Å². The number of nitrogens with two attached hydrogens (primary N) is 1. The summed E-state index contributed by atoms with van der Waals surface area (Å²) in [6.45, 7) is 7.48. The second-order valence-electron chi connectivity index (χ2n) is 10.8. The van der Waals surface area contributed by atoms with Crippen LogP contribution in [0.2, 0.25) is 0 Å². The average Bonchev–Trinajstić information content (AvgIpc) is 3.12. The van der Waals surface area contributed by atoms with Crippen LogP contribution in [0.25, 0.3) is 0 Å². The van der Waals surface area contributed by atoms with Gasteiger partial charge in [-0.1, -0.05) is 25.1 Å². The van der Waals surface area contributed by atoms with E-state index in [4.69, 9.17) is 19.6 Å². The summed E-state index contributed by atoms with van der Waals surface area (Å²) in [6.07, 6.45) is 0.588. The summed E-state index contributed by atoms with van der Waals surface area (Å²) in [7, 11) is 0. The maximum atomic E-state index is 14.7. The standard InChI is InChI=1S/C30H25N3O6/c1-15-13-29(3,4)33-24-19(15)11-18(38-26(34)17-8-6-5-7-9-17)12-20(24)30(28(33)36)21(14-31)25(32)39-22-10-16(2)37-27(35)23(22)30/h5-12,15H,13,32H2,1-4H3/t15-,30+/m1/s1. The van der Waals surface area contributed by atoms with E-state index in [2.05, 4.69) is 0 Å². The molecule has 3 aliphatic rings. The molecule has 1 amide bonds. The van der Waals surface area contributed by atoms with Gasteiger partial charge >= 0.3 is 11.6 Å². The van der Waals surface area contributed by atoms with E-state index in [1.807, 2.05) is 26.8 Å². The lowest BCUT2D eigenvalue weighted by molar-refractivity contribution is -0.122. The summed E-state index contributed by atoms with van der Waals surface area (Å²) in [6, 6.07) is 15.3.